The van der Waals surface area contributed by atoms with Gasteiger partial charge in [0, 0.05) is 44.2 Å². The Morgan fingerprint density at radius 1 is 1.12 bits per heavy atom. The lowest BCUT2D eigenvalue weighted by molar-refractivity contribution is -0.137. The zero-order valence-corrected chi connectivity index (χ0v) is 19.3. The standard InChI is InChI=1S/C25H36F3N3O2/c26-25(27,28)21-6-4-5-20(17-21)18-29-12-9-22-7-8-23(32)31(22)19-24(10-2-1-3-11-24)30-13-15-33-16-14-30/h4-6,17,22,29H,1-3,7-16,18-19H2. The van der Waals surface area contributed by atoms with E-state index in [0.717, 1.165) is 64.6 Å². The van der Waals surface area contributed by atoms with Crippen LogP contribution in [0.1, 0.15) is 62.5 Å². The van der Waals surface area contributed by atoms with Crippen LogP contribution < -0.4 is 5.32 Å². The summed E-state index contributed by atoms with van der Waals surface area (Å²) in [4.78, 5) is 17.5. The van der Waals surface area contributed by atoms with E-state index in [-0.39, 0.29) is 17.5 Å². The Morgan fingerprint density at radius 2 is 1.88 bits per heavy atom. The summed E-state index contributed by atoms with van der Waals surface area (Å²) in [6, 6.07) is 5.66. The van der Waals surface area contributed by atoms with E-state index in [0.29, 0.717) is 25.1 Å². The summed E-state index contributed by atoms with van der Waals surface area (Å²) < 4.78 is 44.4. The van der Waals surface area contributed by atoms with Crippen molar-refractivity contribution in [2.45, 2.75) is 75.7 Å². The molecule has 1 aromatic rings. The Hall–Kier alpha value is -1.64. The highest BCUT2D eigenvalue weighted by Gasteiger charge is 2.43. The molecule has 33 heavy (non-hydrogen) atoms. The van der Waals surface area contributed by atoms with Gasteiger partial charge in [0.15, 0.2) is 0 Å². The van der Waals surface area contributed by atoms with Crippen LogP contribution >= 0.6 is 0 Å². The highest BCUT2D eigenvalue weighted by atomic mass is 19.4. The minimum atomic E-state index is -4.32. The first kappa shape index (κ1) is 24.5. The summed E-state index contributed by atoms with van der Waals surface area (Å²) in [7, 11) is 0. The van der Waals surface area contributed by atoms with Gasteiger partial charge in [-0.05, 0) is 43.9 Å². The molecule has 1 N–H and O–H groups in total. The number of alkyl halides is 3. The number of hydrogen-bond acceptors (Lipinski definition) is 4. The molecule has 3 aliphatic rings. The number of likely N-dealkylation sites (tertiary alicyclic amines) is 1. The van der Waals surface area contributed by atoms with E-state index < -0.39 is 11.7 Å². The topological polar surface area (TPSA) is 44.8 Å². The van der Waals surface area contributed by atoms with E-state index in [2.05, 4.69) is 15.1 Å². The van der Waals surface area contributed by atoms with Gasteiger partial charge in [-0.2, -0.15) is 13.2 Å². The van der Waals surface area contributed by atoms with Crippen molar-refractivity contribution in [3.8, 4) is 0 Å². The van der Waals surface area contributed by atoms with Crippen molar-refractivity contribution in [1.29, 1.82) is 0 Å². The summed E-state index contributed by atoms with van der Waals surface area (Å²) in [5.41, 5.74) is 0.0686. The van der Waals surface area contributed by atoms with Crippen LogP contribution in [0.4, 0.5) is 13.2 Å². The number of rotatable bonds is 8. The van der Waals surface area contributed by atoms with Crippen LogP contribution in [0.5, 0.6) is 0 Å². The van der Waals surface area contributed by atoms with E-state index >= 15 is 0 Å². The minimum Gasteiger partial charge on any atom is -0.379 e. The van der Waals surface area contributed by atoms with E-state index in [1.165, 1.54) is 31.4 Å². The predicted octanol–water partition coefficient (Wildman–Crippen LogP) is 4.21. The normalized spacial score (nSPS) is 24.4. The third-order valence-electron chi connectivity index (χ3n) is 7.62. The Balaban J connectivity index is 1.33. The number of benzene rings is 1. The zero-order chi connectivity index (χ0) is 23.3. The maximum absolute atomic E-state index is 12.9. The summed E-state index contributed by atoms with van der Waals surface area (Å²) in [5, 5.41) is 3.29. The van der Waals surface area contributed by atoms with Gasteiger partial charge in [0.2, 0.25) is 5.91 Å². The Labute approximate surface area is 194 Å². The molecular weight excluding hydrogens is 431 g/mol. The molecule has 4 rings (SSSR count). The summed E-state index contributed by atoms with van der Waals surface area (Å²) in [6.45, 7) is 5.26. The highest BCUT2D eigenvalue weighted by molar-refractivity contribution is 5.78. The fourth-order valence-corrected chi connectivity index (χ4v) is 5.81. The average molecular weight is 468 g/mol. The van der Waals surface area contributed by atoms with Crippen molar-refractivity contribution in [3.63, 3.8) is 0 Å². The van der Waals surface area contributed by atoms with Crippen LogP contribution in [0.3, 0.4) is 0 Å². The van der Waals surface area contributed by atoms with Crippen LogP contribution in [-0.2, 0) is 22.3 Å². The Bertz CT molecular complexity index is 789. The first-order chi connectivity index (χ1) is 15.9. The second-order valence-electron chi connectivity index (χ2n) is 9.76. The first-order valence-electron chi connectivity index (χ1n) is 12.4. The molecule has 1 aliphatic carbocycles. The number of carbonyl (C=O) groups is 1. The van der Waals surface area contributed by atoms with Crippen LogP contribution in [0.2, 0.25) is 0 Å². The molecule has 3 fully saturated rings. The molecule has 0 spiro atoms. The second-order valence-corrected chi connectivity index (χ2v) is 9.76. The number of hydrogen-bond donors (Lipinski definition) is 1. The van der Waals surface area contributed by atoms with Gasteiger partial charge in [0.25, 0.3) is 0 Å². The second kappa shape index (κ2) is 10.7. The lowest BCUT2D eigenvalue weighted by Crippen LogP contribution is -2.60. The van der Waals surface area contributed by atoms with Crippen LogP contribution in [0, 0.1) is 0 Å². The van der Waals surface area contributed by atoms with Gasteiger partial charge < -0.3 is 15.0 Å². The SMILES string of the molecule is O=C1CCC(CCNCc2cccc(C(F)(F)F)c2)N1CC1(N2CCOCC2)CCCCC1. The lowest BCUT2D eigenvalue weighted by atomic mass is 9.79. The van der Waals surface area contributed by atoms with Gasteiger partial charge in [-0.15, -0.1) is 0 Å². The first-order valence-corrected chi connectivity index (χ1v) is 12.4. The van der Waals surface area contributed by atoms with Crippen molar-refractivity contribution in [1.82, 2.24) is 15.1 Å². The molecule has 184 valence electrons. The number of nitrogens with one attached hydrogen (secondary N) is 1. The van der Waals surface area contributed by atoms with E-state index in [1.54, 1.807) is 6.07 Å². The number of halogens is 3. The van der Waals surface area contributed by atoms with Crippen LogP contribution in [-0.4, -0.2) is 66.7 Å². The molecule has 1 aromatic carbocycles. The highest BCUT2D eigenvalue weighted by Crippen LogP contribution is 2.37. The molecule has 5 nitrogen and oxygen atoms in total. The van der Waals surface area contributed by atoms with Gasteiger partial charge in [0.1, 0.15) is 0 Å². The van der Waals surface area contributed by atoms with Crippen LogP contribution in [0.15, 0.2) is 24.3 Å². The van der Waals surface area contributed by atoms with Crippen LogP contribution in [0.25, 0.3) is 0 Å². The maximum Gasteiger partial charge on any atom is 0.416 e. The number of amides is 1. The third-order valence-corrected chi connectivity index (χ3v) is 7.62. The molecule has 0 radical (unpaired) electrons. The summed E-state index contributed by atoms with van der Waals surface area (Å²) >= 11 is 0. The van der Waals surface area contributed by atoms with Gasteiger partial charge in [-0.3, -0.25) is 9.69 Å². The molecule has 2 aliphatic heterocycles. The summed E-state index contributed by atoms with van der Waals surface area (Å²) in [6.07, 6.45) is 3.92. The number of carbonyl (C=O) groups excluding carboxylic acids is 1. The molecule has 8 heteroatoms. The fraction of sp³-hybridized carbons (Fsp3) is 0.720. The molecule has 0 bridgehead atoms. The lowest BCUT2D eigenvalue weighted by Gasteiger charge is -2.50. The largest absolute Gasteiger partial charge is 0.416 e. The molecule has 1 atom stereocenters. The van der Waals surface area contributed by atoms with E-state index in [4.69, 9.17) is 4.74 Å². The smallest absolute Gasteiger partial charge is 0.379 e. The Kier molecular flexibility index (Phi) is 7.97. The third kappa shape index (κ3) is 6.08. The molecule has 2 saturated heterocycles. The fourth-order valence-electron chi connectivity index (χ4n) is 5.81. The maximum atomic E-state index is 12.9. The number of morpholine rings is 1. The van der Waals surface area contributed by atoms with Crippen molar-refractivity contribution < 1.29 is 22.7 Å². The van der Waals surface area contributed by atoms with Gasteiger partial charge in [-0.1, -0.05) is 37.5 Å². The van der Waals surface area contributed by atoms with Gasteiger partial charge >= 0.3 is 6.18 Å². The predicted molar refractivity (Wildman–Crippen MR) is 121 cm³/mol. The van der Waals surface area contributed by atoms with Crippen molar-refractivity contribution in [3.05, 3.63) is 35.4 Å². The summed E-state index contributed by atoms with van der Waals surface area (Å²) in [5.74, 6) is 0.246. The van der Waals surface area contributed by atoms with Crippen molar-refractivity contribution in [2.24, 2.45) is 0 Å². The monoisotopic (exact) mass is 467 g/mol. The minimum absolute atomic E-state index is 0.0613. The zero-order valence-electron chi connectivity index (χ0n) is 19.3. The number of ether oxygens (including phenoxy) is 1. The molecular formula is C25H36F3N3O2. The molecule has 2 heterocycles. The van der Waals surface area contributed by atoms with E-state index in [9.17, 15) is 18.0 Å². The molecule has 1 amide bonds. The quantitative estimate of drug-likeness (QED) is 0.582. The van der Waals surface area contributed by atoms with Gasteiger partial charge in [0.05, 0.1) is 18.8 Å². The van der Waals surface area contributed by atoms with Crippen molar-refractivity contribution >= 4 is 5.91 Å². The van der Waals surface area contributed by atoms with Gasteiger partial charge in [-0.25, -0.2) is 0 Å². The molecule has 1 unspecified atom stereocenters. The average Bonchev–Trinajstić information content (AvgIpc) is 3.16. The Morgan fingerprint density at radius 3 is 2.61 bits per heavy atom. The van der Waals surface area contributed by atoms with Crippen molar-refractivity contribution in [2.75, 3.05) is 39.4 Å². The molecule has 1 saturated carbocycles. The van der Waals surface area contributed by atoms with E-state index in [1.807, 2.05) is 0 Å². The number of nitrogens with zero attached hydrogens (tertiary/aromatic N) is 2. The molecule has 0 aromatic heterocycles.